The van der Waals surface area contributed by atoms with Crippen LogP contribution in [-0.4, -0.2) is 16.5 Å². The lowest BCUT2D eigenvalue weighted by Gasteiger charge is -2.16. The van der Waals surface area contributed by atoms with Crippen molar-refractivity contribution in [2.45, 2.75) is 38.3 Å². The van der Waals surface area contributed by atoms with Crippen molar-refractivity contribution in [1.82, 2.24) is 0 Å². The van der Waals surface area contributed by atoms with Crippen LogP contribution >= 0.6 is 11.8 Å². The molecule has 0 spiro atoms. The van der Waals surface area contributed by atoms with Crippen LogP contribution in [0, 0.1) is 0 Å². The highest BCUT2D eigenvalue weighted by atomic mass is 32.2. The molecule has 3 heteroatoms. The molecule has 64 valence electrons. The van der Waals surface area contributed by atoms with Crippen molar-refractivity contribution in [2.75, 3.05) is 5.75 Å². The fraction of sp³-hybridized carbons (Fsp3) is 0.875. The summed E-state index contributed by atoms with van der Waals surface area (Å²) >= 11 is 1.11. The van der Waals surface area contributed by atoms with Crippen LogP contribution in [-0.2, 0) is 4.79 Å². The van der Waals surface area contributed by atoms with Crippen molar-refractivity contribution in [3.63, 3.8) is 0 Å². The molecule has 0 saturated heterocycles. The Kier molecular flexibility index (Phi) is 2.93. The van der Waals surface area contributed by atoms with Gasteiger partial charge in [0.1, 0.15) is 5.67 Å². The molecule has 1 nitrogen and oxygen atoms in total. The third-order valence-electron chi connectivity index (χ3n) is 2.03. The summed E-state index contributed by atoms with van der Waals surface area (Å²) in [5.41, 5.74) is -1.03. The zero-order valence-electron chi connectivity index (χ0n) is 6.73. The Morgan fingerprint density at radius 3 is 2.55 bits per heavy atom. The minimum absolute atomic E-state index is 0.0222. The third-order valence-corrected chi connectivity index (χ3v) is 3.10. The molecule has 0 radical (unpaired) electrons. The van der Waals surface area contributed by atoms with Crippen molar-refractivity contribution in [2.24, 2.45) is 0 Å². The molecule has 11 heavy (non-hydrogen) atoms. The van der Waals surface area contributed by atoms with Crippen LogP contribution in [0.15, 0.2) is 0 Å². The zero-order valence-corrected chi connectivity index (χ0v) is 7.55. The molecule has 1 rings (SSSR count). The fourth-order valence-electron chi connectivity index (χ4n) is 1.38. The zero-order chi connectivity index (χ0) is 8.32. The maximum absolute atomic E-state index is 13.5. The second-order valence-electron chi connectivity index (χ2n) is 3.14. The van der Waals surface area contributed by atoms with Gasteiger partial charge in [-0.15, -0.1) is 0 Å². The van der Waals surface area contributed by atoms with Crippen molar-refractivity contribution < 1.29 is 9.18 Å². The number of carbonyl (C=O) groups is 1. The van der Waals surface area contributed by atoms with Crippen LogP contribution in [0.4, 0.5) is 4.39 Å². The Labute approximate surface area is 70.7 Å². The first-order valence-corrected chi connectivity index (χ1v) is 4.93. The molecule has 0 bridgehead atoms. The molecule has 0 atom stereocenters. The maximum Gasteiger partial charge on any atom is 0.185 e. The van der Waals surface area contributed by atoms with Crippen molar-refractivity contribution in [1.29, 1.82) is 0 Å². The monoisotopic (exact) mass is 176 g/mol. The molecule has 0 N–H and O–H groups in total. The van der Waals surface area contributed by atoms with Gasteiger partial charge in [-0.2, -0.15) is 0 Å². The van der Waals surface area contributed by atoms with Crippen molar-refractivity contribution in [3.8, 4) is 0 Å². The van der Waals surface area contributed by atoms with E-state index in [2.05, 4.69) is 0 Å². The van der Waals surface area contributed by atoms with E-state index in [-0.39, 0.29) is 5.12 Å². The summed E-state index contributed by atoms with van der Waals surface area (Å²) in [6.07, 6.45) is 3.25. The molecule has 0 aromatic carbocycles. The van der Waals surface area contributed by atoms with Gasteiger partial charge < -0.3 is 0 Å². The lowest BCUT2D eigenvalue weighted by Crippen LogP contribution is -2.21. The number of halogens is 1. The largest absolute Gasteiger partial charge is 0.288 e. The molecule has 0 unspecified atom stereocenters. The van der Waals surface area contributed by atoms with E-state index >= 15 is 0 Å². The van der Waals surface area contributed by atoms with Crippen LogP contribution in [0.5, 0.6) is 0 Å². The second kappa shape index (κ2) is 3.57. The maximum atomic E-state index is 13.5. The van der Waals surface area contributed by atoms with E-state index in [1.54, 1.807) is 0 Å². The smallest absolute Gasteiger partial charge is 0.185 e. The fourth-order valence-corrected chi connectivity index (χ4v) is 2.13. The van der Waals surface area contributed by atoms with Crippen LogP contribution in [0.25, 0.3) is 0 Å². The lowest BCUT2D eigenvalue weighted by molar-refractivity contribution is -0.109. The lowest BCUT2D eigenvalue weighted by atomic mass is 10.1. The molecule has 1 fully saturated rings. The minimum Gasteiger partial charge on any atom is -0.288 e. The summed E-state index contributed by atoms with van der Waals surface area (Å²) in [6, 6.07) is 0. The molecule has 0 heterocycles. The van der Waals surface area contributed by atoms with E-state index < -0.39 is 5.67 Å². The molecule has 1 aliphatic rings. The summed E-state index contributed by atoms with van der Waals surface area (Å²) in [6.45, 7) is 1.49. The highest BCUT2D eigenvalue weighted by molar-refractivity contribution is 8.13. The van der Waals surface area contributed by atoms with Gasteiger partial charge in [0.05, 0.1) is 0 Å². The molecule has 0 aromatic rings. The molecular weight excluding hydrogens is 163 g/mol. The first-order valence-electron chi connectivity index (χ1n) is 3.95. The molecular formula is C8H13FOS. The van der Waals surface area contributed by atoms with Gasteiger partial charge in [-0.1, -0.05) is 24.6 Å². The second-order valence-corrected chi connectivity index (χ2v) is 4.29. The van der Waals surface area contributed by atoms with Gasteiger partial charge in [0.15, 0.2) is 5.12 Å². The van der Waals surface area contributed by atoms with Gasteiger partial charge >= 0.3 is 0 Å². The first-order chi connectivity index (χ1) is 5.12. The Bertz CT molecular complexity index is 152. The number of carbonyl (C=O) groups excluding carboxylic acids is 1. The van der Waals surface area contributed by atoms with Gasteiger partial charge in [0.25, 0.3) is 0 Å². The number of rotatable bonds is 2. The quantitative estimate of drug-likeness (QED) is 0.643. The van der Waals surface area contributed by atoms with Gasteiger partial charge in [0, 0.05) is 12.7 Å². The van der Waals surface area contributed by atoms with Gasteiger partial charge in [-0.25, -0.2) is 4.39 Å². The third kappa shape index (κ3) is 2.81. The SMILES string of the molecule is CC(=O)SCC1(F)CCCC1. The highest BCUT2D eigenvalue weighted by Crippen LogP contribution is 2.35. The van der Waals surface area contributed by atoms with Gasteiger partial charge in [-0.05, 0) is 12.8 Å². The number of thioether (sulfide) groups is 1. The Balaban J connectivity index is 2.28. The van der Waals surface area contributed by atoms with Gasteiger partial charge in [-0.3, -0.25) is 4.79 Å². The minimum atomic E-state index is -1.03. The van der Waals surface area contributed by atoms with Crippen LogP contribution in [0.3, 0.4) is 0 Å². The summed E-state index contributed by atoms with van der Waals surface area (Å²) in [5.74, 6) is 0.363. The van der Waals surface area contributed by atoms with E-state index in [9.17, 15) is 9.18 Å². The van der Waals surface area contributed by atoms with E-state index in [1.165, 1.54) is 6.92 Å². The van der Waals surface area contributed by atoms with Crippen LogP contribution in [0.1, 0.15) is 32.6 Å². The van der Waals surface area contributed by atoms with E-state index in [0.717, 1.165) is 24.6 Å². The Morgan fingerprint density at radius 2 is 2.09 bits per heavy atom. The van der Waals surface area contributed by atoms with E-state index in [4.69, 9.17) is 0 Å². The molecule has 0 amide bonds. The van der Waals surface area contributed by atoms with Gasteiger partial charge in [0.2, 0.25) is 0 Å². The Hall–Kier alpha value is -0.0500. The normalized spacial score (nSPS) is 22.0. The number of alkyl halides is 1. The molecule has 0 aromatic heterocycles. The predicted molar refractivity (Wildman–Crippen MR) is 45.4 cm³/mol. The van der Waals surface area contributed by atoms with E-state index in [1.807, 2.05) is 0 Å². The average Bonchev–Trinajstić information content (AvgIpc) is 2.33. The Morgan fingerprint density at radius 1 is 1.55 bits per heavy atom. The van der Waals surface area contributed by atoms with Crippen molar-refractivity contribution >= 4 is 16.9 Å². The van der Waals surface area contributed by atoms with Crippen LogP contribution in [0.2, 0.25) is 0 Å². The molecule has 1 aliphatic carbocycles. The summed E-state index contributed by atoms with van der Waals surface area (Å²) in [5, 5.41) is 0.0222. The average molecular weight is 176 g/mol. The first kappa shape index (κ1) is 9.04. The number of hydrogen-bond donors (Lipinski definition) is 0. The molecule has 0 aliphatic heterocycles. The summed E-state index contributed by atoms with van der Waals surface area (Å²) in [7, 11) is 0. The standard InChI is InChI=1S/C8H13FOS/c1-7(10)11-6-8(9)4-2-3-5-8/h2-6H2,1H3. The predicted octanol–water partition coefficient (Wildman–Crippen LogP) is 2.55. The van der Waals surface area contributed by atoms with Crippen molar-refractivity contribution in [3.05, 3.63) is 0 Å². The summed E-state index contributed by atoms with van der Waals surface area (Å²) < 4.78 is 13.5. The topological polar surface area (TPSA) is 17.1 Å². The summed E-state index contributed by atoms with van der Waals surface area (Å²) in [4.78, 5) is 10.5. The highest BCUT2D eigenvalue weighted by Gasteiger charge is 2.33. The number of hydrogen-bond acceptors (Lipinski definition) is 2. The van der Waals surface area contributed by atoms with Crippen LogP contribution < -0.4 is 0 Å². The van der Waals surface area contributed by atoms with E-state index in [0.29, 0.717) is 18.6 Å². The molecule has 1 saturated carbocycles.